The van der Waals surface area contributed by atoms with Gasteiger partial charge >= 0.3 is 0 Å². The fourth-order valence-electron chi connectivity index (χ4n) is 2.35. The van der Waals surface area contributed by atoms with Gasteiger partial charge < -0.3 is 16.3 Å². The first-order valence-corrected chi connectivity index (χ1v) is 7.26. The number of benzene rings is 1. The average Bonchev–Trinajstić information content (AvgIpc) is 3.32. The lowest BCUT2D eigenvalue weighted by Crippen LogP contribution is -2.33. The smallest absolute Gasteiger partial charge is 0.170 e. The first-order valence-electron chi connectivity index (χ1n) is 7.26. The van der Waals surface area contributed by atoms with Crippen LogP contribution < -0.4 is 11.1 Å². The van der Waals surface area contributed by atoms with E-state index in [9.17, 15) is 0 Å². The predicted molar refractivity (Wildman–Crippen MR) is 80.9 cm³/mol. The summed E-state index contributed by atoms with van der Waals surface area (Å²) in [5.41, 5.74) is 7.47. The van der Waals surface area contributed by atoms with Crippen molar-refractivity contribution in [1.82, 2.24) is 10.2 Å². The van der Waals surface area contributed by atoms with Gasteiger partial charge in [0.2, 0.25) is 0 Å². The van der Waals surface area contributed by atoms with Crippen molar-refractivity contribution in [3.63, 3.8) is 0 Å². The second kappa shape index (κ2) is 7.26. The zero-order valence-electron chi connectivity index (χ0n) is 12.0. The lowest BCUT2D eigenvalue weighted by atomic mass is 10.1. The Morgan fingerprint density at radius 3 is 2.65 bits per heavy atom. The Morgan fingerprint density at radius 1 is 1.40 bits per heavy atom. The van der Waals surface area contributed by atoms with Crippen LogP contribution in [0.1, 0.15) is 30.9 Å². The molecule has 4 N–H and O–H groups in total. The predicted octanol–water partition coefficient (Wildman–Crippen LogP) is 1.36. The van der Waals surface area contributed by atoms with E-state index in [1.54, 1.807) is 0 Å². The third-order valence-corrected chi connectivity index (χ3v) is 3.73. The molecular formula is C15H24N4O. The maximum atomic E-state index is 8.60. The maximum Gasteiger partial charge on any atom is 0.170 e. The quantitative estimate of drug-likeness (QED) is 0.220. The van der Waals surface area contributed by atoms with Crippen molar-refractivity contribution < 1.29 is 5.21 Å². The minimum Gasteiger partial charge on any atom is -0.409 e. The summed E-state index contributed by atoms with van der Waals surface area (Å²) in [7, 11) is 0. The van der Waals surface area contributed by atoms with Crippen molar-refractivity contribution >= 4 is 5.84 Å². The molecule has 0 radical (unpaired) electrons. The van der Waals surface area contributed by atoms with E-state index in [4.69, 9.17) is 10.9 Å². The topological polar surface area (TPSA) is 73.9 Å². The minimum atomic E-state index is 0.146. The Balaban J connectivity index is 1.71. The molecule has 0 amide bonds. The zero-order valence-corrected chi connectivity index (χ0v) is 12.0. The van der Waals surface area contributed by atoms with Crippen molar-refractivity contribution in [1.29, 1.82) is 0 Å². The fraction of sp³-hybridized carbons (Fsp3) is 0.533. The molecule has 1 saturated carbocycles. The lowest BCUT2D eigenvalue weighted by molar-refractivity contribution is 0.277. The molecule has 1 aromatic carbocycles. The molecule has 0 aliphatic heterocycles. The molecule has 2 rings (SSSR count). The third-order valence-electron chi connectivity index (χ3n) is 3.73. The van der Waals surface area contributed by atoms with Crippen LogP contribution >= 0.6 is 0 Å². The molecule has 0 aromatic heterocycles. The van der Waals surface area contributed by atoms with Crippen molar-refractivity contribution in [2.24, 2.45) is 10.9 Å². The van der Waals surface area contributed by atoms with Gasteiger partial charge in [0.05, 0.1) is 0 Å². The molecule has 0 atom stereocenters. The fourth-order valence-corrected chi connectivity index (χ4v) is 2.35. The molecule has 0 heterocycles. The Labute approximate surface area is 120 Å². The van der Waals surface area contributed by atoms with E-state index in [0.717, 1.165) is 37.8 Å². The number of amidine groups is 1. The second-order valence-electron chi connectivity index (χ2n) is 5.22. The van der Waals surface area contributed by atoms with E-state index in [1.807, 2.05) is 24.3 Å². The van der Waals surface area contributed by atoms with Gasteiger partial charge in [0.15, 0.2) is 5.84 Å². The highest BCUT2D eigenvalue weighted by Crippen LogP contribution is 2.25. The normalized spacial score (nSPS) is 15.8. The van der Waals surface area contributed by atoms with Gasteiger partial charge in [0.25, 0.3) is 0 Å². The SMILES string of the molecule is CCN(CCNCc1ccc(/C(N)=N/O)cc1)C1CC1. The first-order chi connectivity index (χ1) is 9.74. The number of nitrogens with two attached hydrogens (primary N) is 1. The Morgan fingerprint density at radius 2 is 2.10 bits per heavy atom. The van der Waals surface area contributed by atoms with E-state index in [1.165, 1.54) is 18.4 Å². The first kappa shape index (κ1) is 14.8. The van der Waals surface area contributed by atoms with Gasteiger partial charge in [-0.3, -0.25) is 4.90 Å². The van der Waals surface area contributed by atoms with Crippen LogP contribution in [-0.2, 0) is 6.54 Å². The minimum absolute atomic E-state index is 0.146. The Kier molecular flexibility index (Phi) is 5.38. The van der Waals surface area contributed by atoms with Crippen LogP contribution in [0.5, 0.6) is 0 Å². The summed E-state index contributed by atoms with van der Waals surface area (Å²) in [6, 6.07) is 8.57. The van der Waals surface area contributed by atoms with Gasteiger partial charge in [-0.05, 0) is 24.9 Å². The average molecular weight is 276 g/mol. The van der Waals surface area contributed by atoms with Gasteiger partial charge in [-0.15, -0.1) is 0 Å². The van der Waals surface area contributed by atoms with Crippen LogP contribution in [0.25, 0.3) is 0 Å². The van der Waals surface area contributed by atoms with Crippen LogP contribution in [0.15, 0.2) is 29.4 Å². The molecule has 110 valence electrons. The molecule has 5 nitrogen and oxygen atoms in total. The van der Waals surface area contributed by atoms with E-state index in [-0.39, 0.29) is 5.84 Å². The molecule has 0 saturated heterocycles. The number of nitrogens with one attached hydrogen (secondary N) is 1. The van der Waals surface area contributed by atoms with Gasteiger partial charge in [-0.1, -0.05) is 36.3 Å². The molecule has 5 heteroatoms. The second-order valence-corrected chi connectivity index (χ2v) is 5.22. The van der Waals surface area contributed by atoms with Crippen molar-refractivity contribution in [3.8, 4) is 0 Å². The molecule has 1 aliphatic rings. The molecule has 1 aromatic rings. The van der Waals surface area contributed by atoms with E-state index >= 15 is 0 Å². The maximum absolute atomic E-state index is 8.60. The molecule has 0 unspecified atom stereocenters. The van der Waals surface area contributed by atoms with Crippen LogP contribution in [0.4, 0.5) is 0 Å². The summed E-state index contributed by atoms with van der Waals surface area (Å²) in [5, 5.41) is 15.0. The number of rotatable bonds is 8. The summed E-state index contributed by atoms with van der Waals surface area (Å²) >= 11 is 0. The number of hydrogen-bond acceptors (Lipinski definition) is 4. The highest BCUT2D eigenvalue weighted by atomic mass is 16.4. The third kappa shape index (κ3) is 4.21. The molecule has 0 bridgehead atoms. The van der Waals surface area contributed by atoms with E-state index in [2.05, 4.69) is 22.3 Å². The number of likely N-dealkylation sites (N-methyl/N-ethyl adjacent to an activating group) is 1. The molecule has 0 spiro atoms. The molecule has 20 heavy (non-hydrogen) atoms. The highest BCUT2D eigenvalue weighted by Gasteiger charge is 2.26. The zero-order chi connectivity index (χ0) is 14.4. The van der Waals surface area contributed by atoms with Gasteiger partial charge in [-0.25, -0.2) is 0 Å². The summed E-state index contributed by atoms with van der Waals surface area (Å²) < 4.78 is 0. The number of hydrogen-bond donors (Lipinski definition) is 3. The van der Waals surface area contributed by atoms with Crippen LogP contribution in [0, 0.1) is 0 Å². The summed E-state index contributed by atoms with van der Waals surface area (Å²) in [4.78, 5) is 2.54. The van der Waals surface area contributed by atoms with E-state index in [0.29, 0.717) is 0 Å². The largest absolute Gasteiger partial charge is 0.409 e. The molecule has 1 fully saturated rings. The van der Waals surface area contributed by atoms with Crippen LogP contribution in [0.3, 0.4) is 0 Å². The van der Waals surface area contributed by atoms with Crippen molar-refractivity contribution in [3.05, 3.63) is 35.4 Å². The number of nitrogens with zero attached hydrogens (tertiary/aromatic N) is 2. The highest BCUT2D eigenvalue weighted by molar-refractivity contribution is 5.96. The standard InChI is InChI=1S/C15H24N4O/c1-2-19(14-7-8-14)10-9-17-11-12-3-5-13(6-4-12)15(16)18-20/h3-6,14,17,20H,2,7-11H2,1H3,(H2,16,18). The van der Waals surface area contributed by atoms with Crippen LogP contribution in [-0.4, -0.2) is 41.6 Å². The Bertz CT molecular complexity index is 440. The van der Waals surface area contributed by atoms with Gasteiger partial charge in [0, 0.05) is 31.2 Å². The van der Waals surface area contributed by atoms with E-state index < -0.39 is 0 Å². The molecular weight excluding hydrogens is 252 g/mol. The monoisotopic (exact) mass is 276 g/mol. The van der Waals surface area contributed by atoms with Crippen molar-refractivity contribution in [2.75, 3.05) is 19.6 Å². The van der Waals surface area contributed by atoms with Crippen LogP contribution in [0.2, 0.25) is 0 Å². The summed E-state index contributed by atoms with van der Waals surface area (Å²) in [6.45, 7) is 6.33. The van der Waals surface area contributed by atoms with Gasteiger partial charge in [0.1, 0.15) is 0 Å². The molecule has 1 aliphatic carbocycles. The Hall–Kier alpha value is -1.59. The van der Waals surface area contributed by atoms with Crippen molar-refractivity contribution in [2.45, 2.75) is 32.4 Å². The summed E-state index contributed by atoms with van der Waals surface area (Å²) in [6.07, 6.45) is 2.73. The van der Waals surface area contributed by atoms with Gasteiger partial charge in [-0.2, -0.15) is 0 Å². The number of oxime groups is 1. The summed E-state index contributed by atoms with van der Waals surface area (Å²) in [5.74, 6) is 0.146. The lowest BCUT2D eigenvalue weighted by Gasteiger charge is -2.19.